The third-order valence-corrected chi connectivity index (χ3v) is 6.68. The highest BCUT2D eigenvalue weighted by atomic mass is 32.1. The van der Waals surface area contributed by atoms with Crippen molar-refractivity contribution in [1.82, 2.24) is 14.8 Å². The molecule has 1 aliphatic rings. The molecule has 0 spiro atoms. The summed E-state index contributed by atoms with van der Waals surface area (Å²) in [6, 6.07) is 12.9. The summed E-state index contributed by atoms with van der Waals surface area (Å²) in [7, 11) is 0. The van der Waals surface area contributed by atoms with Gasteiger partial charge in [-0.25, -0.2) is 0 Å². The van der Waals surface area contributed by atoms with Gasteiger partial charge in [-0.05, 0) is 60.0 Å². The first-order chi connectivity index (χ1) is 13.9. The van der Waals surface area contributed by atoms with Gasteiger partial charge in [0, 0.05) is 19.6 Å². The minimum Gasteiger partial charge on any atom is -0.349 e. The van der Waals surface area contributed by atoms with E-state index >= 15 is 0 Å². The van der Waals surface area contributed by atoms with E-state index in [-0.39, 0.29) is 11.3 Å². The number of nitrogens with one attached hydrogen (secondary N) is 1. The van der Waals surface area contributed by atoms with Gasteiger partial charge >= 0.3 is 0 Å². The Hall–Kier alpha value is -2.11. The van der Waals surface area contributed by atoms with Gasteiger partial charge in [0.25, 0.3) is 5.91 Å². The largest absolute Gasteiger partial charge is 0.349 e. The number of likely N-dealkylation sites (tertiary alicyclic amines) is 1. The lowest BCUT2D eigenvalue weighted by Crippen LogP contribution is -2.34. The first-order valence-corrected chi connectivity index (χ1v) is 11.5. The van der Waals surface area contributed by atoms with Crippen LogP contribution in [0.3, 0.4) is 0 Å². The fraction of sp³-hybridized carbons (Fsp3) is 0.458. The summed E-state index contributed by atoms with van der Waals surface area (Å²) in [4.78, 5) is 15.4. The van der Waals surface area contributed by atoms with Gasteiger partial charge in [0.1, 0.15) is 5.69 Å². The molecule has 0 radical (unpaired) electrons. The van der Waals surface area contributed by atoms with Crippen LogP contribution in [0.2, 0.25) is 0 Å². The van der Waals surface area contributed by atoms with Gasteiger partial charge in [-0.1, -0.05) is 45.0 Å². The van der Waals surface area contributed by atoms with Gasteiger partial charge in [0.15, 0.2) is 0 Å². The van der Waals surface area contributed by atoms with Gasteiger partial charge < -0.3 is 14.8 Å². The average molecular weight is 410 g/mol. The SMILES string of the molecule is CC(C)(C)c1ccc(Cn2c(C(=O)NCCN3CCCC3)cc3sccc32)cc1. The predicted molar refractivity (Wildman–Crippen MR) is 122 cm³/mol. The number of benzene rings is 1. The second kappa shape index (κ2) is 8.33. The third-order valence-electron chi connectivity index (χ3n) is 5.83. The molecule has 5 heteroatoms. The Labute approximate surface area is 177 Å². The van der Waals surface area contributed by atoms with Crippen molar-refractivity contribution in [3.63, 3.8) is 0 Å². The summed E-state index contributed by atoms with van der Waals surface area (Å²) in [5, 5.41) is 5.23. The lowest BCUT2D eigenvalue weighted by molar-refractivity contribution is 0.0941. The molecule has 1 aromatic carbocycles. The van der Waals surface area contributed by atoms with Crippen LogP contribution in [0.5, 0.6) is 0 Å². The number of carbonyl (C=O) groups is 1. The summed E-state index contributed by atoms with van der Waals surface area (Å²) in [5.74, 6) is 0.0268. The van der Waals surface area contributed by atoms with Crippen LogP contribution in [-0.2, 0) is 12.0 Å². The van der Waals surface area contributed by atoms with Crippen molar-refractivity contribution in [2.75, 3.05) is 26.2 Å². The van der Waals surface area contributed by atoms with Crippen LogP contribution in [0.1, 0.15) is 55.2 Å². The fourth-order valence-corrected chi connectivity index (χ4v) is 4.87. The van der Waals surface area contributed by atoms with Crippen molar-refractivity contribution >= 4 is 27.5 Å². The average Bonchev–Trinajstić information content (AvgIpc) is 3.40. The summed E-state index contributed by atoms with van der Waals surface area (Å²) >= 11 is 1.69. The molecule has 0 bridgehead atoms. The standard InChI is InChI=1S/C24H31N3OS/c1-24(2,3)19-8-6-18(7-9-19)17-27-20-10-15-29-22(20)16-21(27)23(28)25-11-14-26-12-4-5-13-26/h6-10,15-16H,4-5,11-14,17H2,1-3H3,(H,25,28). The summed E-state index contributed by atoms with van der Waals surface area (Å²) in [5.41, 5.74) is 4.59. The van der Waals surface area contributed by atoms with Gasteiger partial charge in [0.05, 0.1) is 10.2 Å². The zero-order chi connectivity index (χ0) is 20.4. The lowest BCUT2D eigenvalue weighted by Gasteiger charge is -2.19. The topological polar surface area (TPSA) is 37.3 Å². The van der Waals surface area contributed by atoms with Gasteiger partial charge in [0.2, 0.25) is 0 Å². The van der Waals surface area contributed by atoms with E-state index in [2.05, 4.69) is 71.3 Å². The van der Waals surface area contributed by atoms with Crippen molar-refractivity contribution in [2.45, 2.75) is 45.6 Å². The molecule has 0 atom stereocenters. The molecule has 1 fully saturated rings. The van der Waals surface area contributed by atoms with Crippen molar-refractivity contribution in [1.29, 1.82) is 0 Å². The fourth-order valence-electron chi connectivity index (χ4n) is 4.05. The van der Waals surface area contributed by atoms with Crippen molar-refractivity contribution < 1.29 is 4.79 Å². The van der Waals surface area contributed by atoms with Crippen LogP contribution in [0, 0.1) is 0 Å². The molecular formula is C24H31N3OS. The van der Waals surface area contributed by atoms with E-state index in [9.17, 15) is 4.79 Å². The van der Waals surface area contributed by atoms with E-state index in [1.807, 2.05) is 6.07 Å². The summed E-state index contributed by atoms with van der Waals surface area (Å²) < 4.78 is 3.32. The minimum atomic E-state index is 0.0268. The first kappa shape index (κ1) is 20.2. The smallest absolute Gasteiger partial charge is 0.268 e. The molecule has 4 rings (SSSR count). The number of rotatable bonds is 6. The first-order valence-electron chi connectivity index (χ1n) is 10.6. The maximum Gasteiger partial charge on any atom is 0.268 e. The van der Waals surface area contributed by atoms with E-state index < -0.39 is 0 Å². The van der Waals surface area contributed by atoms with Crippen LogP contribution < -0.4 is 5.32 Å². The van der Waals surface area contributed by atoms with Gasteiger partial charge in [-0.2, -0.15) is 0 Å². The quantitative estimate of drug-likeness (QED) is 0.630. The second-order valence-corrected chi connectivity index (χ2v) is 9.99. The Kier molecular flexibility index (Phi) is 5.79. The molecular weight excluding hydrogens is 378 g/mol. The molecule has 29 heavy (non-hydrogen) atoms. The number of amides is 1. The highest BCUT2D eigenvalue weighted by Gasteiger charge is 2.18. The highest BCUT2D eigenvalue weighted by Crippen LogP contribution is 2.27. The Balaban J connectivity index is 1.50. The van der Waals surface area contributed by atoms with E-state index in [1.54, 1.807) is 11.3 Å². The number of aromatic nitrogens is 1. The van der Waals surface area contributed by atoms with E-state index in [4.69, 9.17) is 0 Å². The summed E-state index contributed by atoms with van der Waals surface area (Å²) in [6.45, 7) is 11.4. The molecule has 1 aliphatic heterocycles. The number of hydrogen-bond donors (Lipinski definition) is 1. The highest BCUT2D eigenvalue weighted by molar-refractivity contribution is 7.17. The van der Waals surface area contributed by atoms with Gasteiger partial charge in [-0.15, -0.1) is 11.3 Å². The van der Waals surface area contributed by atoms with Crippen LogP contribution in [0.15, 0.2) is 41.8 Å². The zero-order valence-corrected chi connectivity index (χ0v) is 18.5. The van der Waals surface area contributed by atoms with Crippen LogP contribution in [0.4, 0.5) is 0 Å². The Bertz CT molecular complexity index is 972. The Morgan fingerprint density at radius 1 is 1.10 bits per heavy atom. The van der Waals surface area contributed by atoms with E-state index in [1.165, 1.54) is 28.7 Å². The lowest BCUT2D eigenvalue weighted by atomic mass is 9.87. The Morgan fingerprint density at radius 3 is 2.52 bits per heavy atom. The third kappa shape index (κ3) is 4.57. The molecule has 2 aromatic heterocycles. The van der Waals surface area contributed by atoms with Crippen molar-refractivity contribution in [2.24, 2.45) is 0 Å². The predicted octanol–water partition coefficient (Wildman–Crippen LogP) is 4.87. The number of nitrogens with zero attached hydrogens (tertiary/aromatic N) is 2. The summed E-state index contributed by atoms with van der Waals surface area (Å²) in [6.07, 6.45) is 2.56. The molecule has 0 unspecified atom stereocenters. The molecule has 0 aliphatic carbocycles. The van der Waals surface area contributed by atoms with Crippen LogP contribution >= 0.6 is 11.3 Å². The molecule has 3 heterocycles. The number of fused-ring (bicyclic) bond motifs is 1. The van der Waals surface area contributed by atoms with Crippen LogP contribution in [0.25, 0.3) is 10.2 Å². The second-order valence-electron chi connectivity index (χ2n) is 9.04. The number of thiophene rings is 1. The molecule has 1 saturated heterocycles. The normalized spacial score (nSPS) is 15.3. The van der Waals surface area contributed by atoms with E-state index in [0.29, 0.717) is 13.1 Å². The molecule has 1 N–H and O–H groups in total. The maximum atomic E-state index is 12.9. The van der Waals surface area contributed by atoms with Crippen molar-refractivity contribution in [3.05, 3.63) is 58.6 Å². The number of hydrogen-bond acceptors (Lipinski definition) is 3. The van der Waals surface area contributed by atoms with Gasteiger partial charge in [-0.3, -0.25) is 4.79 Å². The minimum absolute atomic E-state index is 0.0268. The van der Waals surface area contributed by atoms with E-state index in [0.717, 1.165) is 30.8 Å². The zero-order valence-electron chi connectivity index (χ0n) is 17.7. The molecule has 4 nitrogen and oxygen atoms in total. The number of carbonyl (C=O) groups excluding carboxylic acids is 1. The van der Waals surface area contributed by atoms with Crippen LogP contribution in [-0.4, -0.2) is 41.6 Å². The molecule has 0 saturated carbocycles. The Morgan fingerprint density at radius 2 is 1.83 bits per heavy atom. The van der Waals surface area contributed by atoms with Crippen molar-refractivity contribution in [3.8, 4) is 0 Å². The maximum absolute atomic E-state index is 12.9. The monoisotopic (exact) mass is 409 g/mol. The molecule has 3 aromatic rings. The molecule has 1 amide bonds. The molecule has 154 valence electrons.